The molecule has 2 saturated heterocycles. The largest absolute Gasteiger partial charge is 0.376 e. The van der Waals surface area contributed by atoms with Crippen LogP contribution in [0.3, 0.4) is 0 Å². The van der Waals surface area contributed by atoms with Crippen LogP contribution in [0, 0.1) is 26.7 Å². The summed E-state index contributed by atoms with van der Waals surface area (Å²) in [5.74, 6) is 1.26. The van der Waals surface area contributed by atoms with Crippen molar-refractivity contribution in [1.82, 2.24) is 14.9 Å². The predicted molar refractivity (Wildman–Crippen MR) is 113 cm³/mol. The molecule has 3 heterocycles. The van der Waals surface area contributed by atoms with Crippen LogP contribution in [0.4, 0.5) is 5.95 Å². The number of benzene rings is 1. The number of aryl methyl sites for hydroxylation is 3. The molecule has 2 atom stereocenters. The lowest BCUT2D eigenvalue weighted by molar-refractivity contribution is 0.0260. The fraction of sp³-hybridized carbons (Fsp3) is 0.522. The van der Waals surface area contributed by atoms with Gasteiger partial charge in [0.1, 0.15) is 0 Å². The molecule has 6 nitrogen and oxygen atoms in total. The summed E-state index contributed by atoms with van der Waals surface area (Å²) in [6, 6.07) is 6.31. The number of anilines is 1. The lowest BCUT2D eigenvalue weighted by Crippen LogP contribution is -2.44. The summed E-state index contributed by atoms with van der Waals surface area (Å²) in [5, 5.41) is 3.46. The van der Waals surface area contributed by atoms with E-state index in [4.69, 9.17) is 4.74 Å². The van der Waals surface area contributed by atoms with Crippen molar-refractivity contribution in [1.29, 1.82) is 0 Å². The van der Waals surface area contributed by atoms with E-state index in [1.54, 1.807) is 0 Å². The molecule has 0 aliphatic carbocycles. The van der Waals surface area contributed by atoms with Gasteiger partial charge in [0.05, 0.1) is 12.1 Å². The molecule has 1 N–H and O–H groups in total. The second-order valence-electron chi connectivity index (χ2n) is 8.46. The number of carbonyl (C=O) groups is 1. The summed E-state index contributed by atoms with van der Waals surface area (Å²) in [5.41, 5.74) is 4.12. The highest BCUT2D eigenvalue weighted by Gasteiger charge is 2.37. The Bertz CT molecular complexity index is 839. The molecule has 0 radical (unpaired) electrons. The number of piperidine rings is 1. The minimum Gasteiger partial charge on any atom is -0.376 e. The highest BCUT2D eigenvalue weighted by atomic mass is 16.5. The SMILES string of the molecule is Cc1cnc(N[C@@H]2CCO[C@H]2C2CCN(C(=O)c3cc(C)cc(C)c3)CC2)nc1. The van der Waals surface area contributed by atoms with Gasteiger partial charge < -0.3 is 15.0 Å². The molecule has 0 spiro atoms. The van der Waals surface area contributed by atoms with Gasteiger partial charge in [-0.1, -0.05) is 17.2 Å². The molecule has 1 aromatic heterocycles. The van der Waals surface area contributed by atoms with Crippen LogP contribution in [0.25, 0.3) is 0 Å². The molecular weight excluding hydrogens is 364 g/mol. The molecule has 29 heavy (non-hydrogen) atoms. The maximum absolute atomic E-state index is 12.9. The van der Waals surface area contributed by atoms with Crippen molar-refractivity contribution in [2.45, 2.75) is 52.2 Å². The van der Waals surface area contributed by atoms with Crippen LogP contribution in [0.15, 0.2) is 30.6 Å². The maximum Gasteiger partial charge on any atom is 0.253 e. The highest BCUT2D eigenvalue weighted by molar-refractivity contribution is 5.94. The first-order valence-corrected chi connectivity index (χ1v) is 10.5. The molecular formula is C23H30N4O2. The number of rotatable bonds is 4. The fourth-order valence-corrected chi connectivity index (χ4v) is 4.58. The van der Waals surface area contributed by atoms with Crippen LogP contribution in [-0.2, 0) is 4.74 Å². The van der Waals surface area contributed by atoms with E-state index in [2.05, 4.69) is 21.4 Å². The van der Waals surface area contributed by atoms with Crippen molar-refractivity contribution in [3.8, 4) is 0 Å². The monoisotopic (exact) mass is 394 g/mol. The molecule has 2 aliphatic rings. The van der Waals surface area contributed by atoms with Crippen LogP contribution in [-0.4, -0.2) is 52.6 Å². The van der Waals surface area contributed by atoms with E-state index < -0.39 is 0 Å². The molecule has 1 amide bonds. The Morgan fingerprint density at radius 3 is 2.31 bits per heavy atom. The number of ether oxygens (including phenoxy) is 1. The van der Waals surface area contributed by atoms with Crippen molar-refractivity contribution in [2.75, 3.05) is 25.0 Å². The summed E-state index contributed by atoms with van der Waals surface area (Å²) in [6.07, 6.45) is 6.71. The van der Waals surface area contributed by atoms with E-state index in [0.29, 0.717) is 11.9 Å². The van der Waals surface area contributed by atoms with Gasteiger partial charge in [0, 0.05) is 37.7 Å². The first kappa shape index (κ1) is 19.8. The molecule has 4 rings (SSSR count). The van der Waals surface area contributed by atoms with Crippen LogP contribution in [0.1, 0.15) is 46.3 Å². The number of nitrogens with zero attached hydrogens (tertiary/aromatic N) is 3. The van der Waals surface area contributed by atoms with E-state index >= 15 is 0 Å². The average Bonchev–Trinajstić information content (AvgIpc) is 3.17. The zero-order chi connectivity index (χ0) is 20.4. The smallest absolute Gasteiger partial charge is 0.253 e. The molecule has 2 fully saturated rings. The molecule has 2 aromatic rings. The van der Waals surface area contributed by atoms with Gasteiger partial charge in [0.2, 0.25) is 5.95 Å². The Morgan fingerprint density at radius 2 is 1.66 bits per heavy atom. The predicted octanol–water partition coefficient (Wildman–Crippen LogP) is 3.52. The van der Waals surface area contributed by atoms with E-state index in [9.17, 15) is 4.79 Å². The Morgan fingerprint density at radius 1 is 1.00 bits per heavy atom. The zero-order valence-electron chi connectivity index (χ0n) is 17.5. The molecule has 154 valence electrons. The minimum absolute atomic E-state index is 0.144. The number of nitrogens with one attached hydrogen (secondary N) is 1. The summed E-state index contributed by atoms with van der Waals surface area (Å²) >= 11 is 0. The summed E-state index contributed by atoms with van der Waals surface area (Å²) in [6.45, 7) is 8.39. The maximum atomic E-state index is 12.9. The van der Waals surface area contributed by atoms with Gasteiger partial charge in [-0.15, -0.1) is 0 Å². The van der Waals surface area contributed by atoms with E-state index in [1.165, 1.54) is 0 Å². The molecule has 2 aliphatic heterocycles. The number of hydrogen-bond donors (Lipinski definition) is 1. The third-order valence-corrected chi connectivity index (χ3v) is 5.99. The molecule has 0 saturated carbocycles. The van der Waals surface area contributed by atoms with Crippen molar-refractivity contribution in [3.63, 3.8) is 0 Å². The number of amides is 1. The van der Waals surface area contributed by atoms with E-state index in [0.717, 1.165) is 61.2 Å². The van der Waals surface area contributed by atoms with E-state index in [1.807, 2.05) is 50.2 Å². The second kappa shape index (κ2) is 8.49. The first-order chi connectivity index (χ1) is 14.0. The summed E-state index contributed by atoms with van der Waals surface area (Å²) in [7, 11) is 0. The Labute approximate surface area is 172 Å². The van der Waals surface area contributed by atoms with E-state index in [-0.39, 0.29) is 18.1 Å². The Hall–Kier alpha value is -2.47. The number of hydrogen-bond acceptors (Lipinski definition) is 5. The standard InChI is InChI=1S/C23H30N4O2/c1-15-10-16(2)12-19(11-15)22(28)27-7-4-18(5-8-27)21-20(6-9-29-21)26-23-24-13-17(3)14-25-23/h10-14,18,20-21H,4-9H2,1-3H3,(H,24,25,26)/t20-,21+/m1/s1. The van der Waals surface area contributed by atoms with Crippen molar-refractivity contribution in [2.24, 2.45) is 5.92 Å². The third kappa shape index (κ3) is 4.58. The van der Waals surface area contributed by atoms with Gasteiger partial charge in [-0.25, -0.2) is 9.97 Å². The highest BCUT2D eigenvalue weighted by Crippen LogP contribution is 2.31. The zero-order valence-corrected chi connectivity index (χ0v) is 17.5. The van der Waals surface area contributed by atoms with Gasteiger partial charge in [0.25, 0.3) is 5.91 Å². The lowest BCUT2D eigenvalue weighted by atomic mass is 9.87. The number of likely N-dealkylation sites (tertiary alicyclic amines) is 1. The van der Waals surface area contributed by atoms with Crippen molar-refractivity contribution < 1.29 is 9.53 Å². The Kier molecular flexibility index (Phi) is 5.81. The lowest BCUT2D eigenvalue weighted by Gasteiger charge is -2.36. The van der Waals surface area contributed by atoms with Crippen LogP contribution in [0.2, 0.25) is 0 Å². The second-order valence-corrected chi connectivity index (χ2v) is 8.46. The van der Waals surface area contributed by atoms with Gasteiger partial charge in [-0.2, -0.15) is 0 Å². The van der Waals surface area contributed by atoms with Crippen molar-refractivity contribution >= 4 is 11.9 Å². The third-order valence-electron chi connectivity index (χ3n) is 5.99. The minimum atomic E-state index is 0.144. The molecule has 0 unspecified atom stereocenters. The molecule has 1 aromatic carbocycles. The molecule has 6 heteroatoms. The Balaban J connectivity index is 1.36. The topological polar surface area (TPSA) is 67.4 Å². The normalized spacial score (nSPS) is 22.7. The molecule has 0 bridgehead atoms. The first-order valence-electron chi connectivity index (χ1n) is 10.5. The summed E-state index contributed by atoms with van der Waals surface area (Å²) in [4.78, 5) is 23.7. The van der Waals surface area contributed by atoms with Crippen LogP contribution < -0.4 is 5.32 Å². The van der Waals surface area contributed by atoms with Gasteiger partial charge in [-0.05, 0) is 63.6 Å². The number of aromatic nitrogens is 2. The average molecular weight is 395 g/mol. The van der Waals surface area contributed by atoms with Gasteiger partial charge in [0.15, 0.2) is 0 Å². The van der Waals surface area contributed by atoms with Gasteiger partial charge in [-0.3, -0.25) is 4.79 Å². The van der Waals surface area contributed by atoms with Gasteiger partial charge >= 0.3 is 0 Å². The van der Waals surface area contributed by atoms with Crippen LogP contribution in [0.5, 0.6) is 0 Å². The van der Waals surface area contributed by atoms with Crippen LogP contribution >= 0.6 is 0 Å². The quantitative estimate of drug-likeness (QED) is 0.859. The van der Waals surface area contributed by atoms with Crippen molar-refractivity contribution in [3.05, 3.63) is 52.8 Å². The fourth-order valence-electron chi connectivity index (χ4n) is 4.58. The number of carbonyl (C=O) groups excluding carboxylic acids is 1. The summed E-state index contributed by atoms with van der Waals surface area (Å²) < 4.78 is 6.09.